The second-order valence-electron chi connectivity index (χ2n) is 8.10. The van der Waals surface area contributed by atoms with Gasteiger partial charge >= 0.3 is 11.9 Å². The Labute approximate surface area is 199 Å². The molecule has 0 bridgehead atoms. The van der Waals surface area contributed by atoms with Gasteiger partial charge in [-0.15, -0.1) is 0 Å². The van der Waals surface area contributed by atoms with Gasteiger partial charge in [-0.3, -0.25) is 14.4 Å². The first-order valence-corrected chi connectivity index (χ1v) is 10.8. The minimum absolute atomic E-state index is 0.00687. The Morgan fingerprint density at radius 2 is 1.54 bits per heavy atom. The van der Waals surface area contributed by atoms with Crippen LogP contribution in [-0.2, 0) is 32.0 Å². The Morgan fingerprint density at radius 3 is 2.20 bits per heavy atom. The van der Waals surface area contributed by atoms with Crippen LogP contribution in [0.3, 0.4) is 0 Å². The van der Waals surface area contributed by atoms with Crippen molar-refractivity contribution in [3.05, 3.63) is 65.9 Å². The lowest BCUT2D eigenvalue weighted by molar-refractivity contribution is -0.147. The fraction of sp³-hybridized carbons (Fsp3) is 0.250. The van der Waals surface area contributed by atoms with Crippen molar-refractivity contribution in [3.8, 4) is 5.75 Å². The Kier molecular flexibility index (Phi) is 8.05. The zero-order valence-corrected chi connectivity index (χ0v) is 18.6. The largest absolute Gasteiger partial charge is 0.508 e. The van der Waals surface area contributed by atoms with Gasteiger partial charge in [-0.1, -0.05) is 30.3 Å². The first kappa shape index (κ1) is 25.2. The number of para-hydroxylation sites is 1. The molecule has 0 spiro atoms. The standard InChI is InChI=1S/C24H26N4O7/c25-17(9-13-5-7-15(29)8-6-13)22(32)27-19(23(33)28-20(24(34)35)11-21(30)31)10-14-12-26-18-4-2-1-3-16(14)18/h1-8,12,17,19-20,26,29H,9-11,25H2,(H,27,32)(H,28,33)(H,30,31)(H,34,35)/t17-,19-,20-/m0/s1. The number of hydrogen-bond donors (Lipinski definition) is 7. The van der Waals surface area contributed by atoms with Crippen molar-refractivity contribution in [2.24, 2.45) is 5.73 Å². The number of hydrogen-bond acceptors (Lipinski definition) is 6. The predicted octanol–water partition coefficient (Wildman–Crippen LogP) is 0.515. The minimum atomic E-state index is -1.67. The molecule has 0 fully saturated rings. The molecule has 0 unspecified atom stereocenters. The minimum Gasteiger partial charge on any atom is -0.508 e. The third-order valence-corrected chi connectivity index (χ3v) is 5.45. The summed E-state index contributed by atoms with van der Waals surface area (Å²) in [6.45, 7) is 0. The molecule has 1 heterocycles. The van der Waals surface area contributed by atoms with Gasteiger partial charge in [0.25, 0.3) is 0 Å². The number of benzene rings is 2. The molecule has 0 aliphatic heterocycles. The van der Waals surface area contributed by atoms with E-state index in [2.05, 4.69) is 15.6 Å². The molecule has 0 saturated heterocycles. The number of H-pyrrole nitrogens is 1. The molecule has 8 N–H and O–H groups in total. The SMILES string of the molecule is N[C@@H](Cc1ccc(O)cc1)C(=O)N[C@@H](Cc1c[nH]c2ccccc12)C(=O)N[C@@H](CC(=O)O)C(=O)O. The zero-order chi connectivity index (χ0) is 25.5. The topological polar surface area (TPSA) is 195 Å². The lowest BCUT2D eigenvalue weighted by atomic mass is 10.0. The van der Waals surface area contributed by atoms with Crippen LogP contribution in [0.2, 0.25) is 0 Å². The van der Waals surface area contributed by atoms with E-state index in [0.717, 1.165) is 10.9 Å². The van der Waals surface area contributed by atoms with Gasteiger partial charge in [0.2, 0.25) is 11.8 Å². The Morgan fingerprint density at radius 1 is 0.886 bits per heavy atom. The number of carbonyl (C=O) groups is 4. The molecule has 2 amide bonds. The van der Waals surface area contributed by atoms with Crippen molar-refractivity contribution < 1.29 is 34.5 Å². The molecule has 3 aromatic rings. The van der Waals surface area contributed by atoms with Crippen molar-refractivity contribution in [1.29, 1.82) is 0 Å². The van der Waals surface area contributed by atoms with Gasteiger partial charge in [-0.2, -0.15) is 0 Å². The number of aromatic hydroxyl groups is 1. The molecule has 3 atom stereocenters. The van der Waals surface area contributed by atoms with Crippen molar-refractivity contribution in [3.63, 3.8) is 0 Å². The van der Waals surface area contributed by atoms with E-state index in [9.17, 15) is 29.4 Å². The predicted molar refractivity (Wildman–Crippen MR) is 126 cm³/mol. The number of nitrogens with one attached hydrogen (secondary N) is 3. The van der Waals surface area contributed by atoms with Crippen LogP contribution in [0, 0.1) is 0 Å². The van der Waals surface area contributed by atoms with Gasteiger partial charge < -0.3 is 36.7 Å². The molecule has 11 heteroatoms. The van der Waals surface area contributed by atoms with Gasteiger partial charge in [0.05, 0.1) is 12.5 Å². The summed E-state index contributed by atoms with van der Waals surface area (Å²) in [5.74, 6) is -4.35. The molecule has 184 valence electrons. The number of rotatable bonds is 11. The lowest BCUT2D eigenvalue weighted by Crippen LogP contribution is -2.55. The molecule has 11 nitrogen and oxygen atoms in total. The molecule has 1 aromatic heterocycles. The number of fused-ring (bicyclic) bond motifs is 1. The van der Waals surface area contributed by atoms with Crippen LogP contribution in [0.5, 0.6) is 5.75 Å². The molecular weight excluding hydrogens is 456 g/mol. The van der Waals surface area contributed by atoms with Crippen LogP contribution in [0.4, 0.5) is 0 Å². The first-order valence-electron chi connectivity index (χ1n) is 10.8. The Balaban J connectivity index is 1.79. The third kappa shape index (κ3) is 6.81. The average molecular weight is 482 g/mol. The van der Waals surface area contributed by atoms with Crippen molar-refractivity contribution in [2.45, 2.75) is 37.4 Å². The number of aliphatic carboxylic acids is 2. The maximum atomic E-state index is 13.0. The van der Waals surface area contributed by atoms with Crippen molar-refractivity contribution >= 4 is 34.7 Å². The number of phenolic OH excluding ortho intramolecular Hbond substituents is 1. The zero-order valence-electron chi connectivity index (χ0n) is 18.6. The summed E-state index contributed by atoms with van der Waals surface area (Å²) in [6, 6.07) is 9.54. The van der Waals surface area contributed by atoms with Gasteiger partial charge in [0.15, 0.2) is 0 Å². The van der Waals surface area contributed by atoms with Crippen molar-refractivity contribution in [2.75, 3.05) is 0 Å². The molecule has 0 aliphatic carbocycles. The highest BCUT2D eigenvalue weighted by molar-refractivity contribution is 5.93. The van der Waals surface area contributed by atoms with Crippen LogP contribution in [0.1, 0.15) is 17.5 Å². The normalized spacial score (nSPS) is 13.5. The van der Waals surface area contributed by atoms with Gasteiger partial charge in [-0.05, 0) is 35.7 Å². The van der Waals surface area contributed by atoms with Crippen molar-refractivity contribution in [1.82, 2.24) is 15.6 Å². The number of aromatic nitrogens is 1. The Hall–Kier alpha value is -4.38. The molecule has 0 saturated carbocycles. The summed E-state index contributed by atoms with van der Waals surface area (Å²) in [6.07, 6.45) is 0.992. The Bertz CT molecular complexity index is 1220. The summed E-state index contributed by atoms with van der Waals surface area (Å²) in [7, 11) is 0. The van der Waals surface area contributed by atoms with E-state index < -0.39 is 48.3 Å². The van der Waals surface area contributed by atoms with E-state index in [1.807, 2.05) is 24.3 Å². The lowest BCUT2D eigenvalue weighted by Gasteiger charge is -2.22. The molecule has 0 radical (unpaired) electrons. The smallest absolute Gasteiger partial charge is 0.326 e. The van der Waals surface area contributed by atoms with Gasteiger partial charge in [0.1, 0.15) is 17.8 Å². The van der Waals surface area contributed by atoms with Crippen LogP contribution in [0.25, 0.3) is 10.9 Å². The highest BCUT2D eigenvalue weighted by Gasteiger charge is 2.30. The maximum absolute atomic E-state index is 13.0. The summed E-state index contributed by atoms with van der Waals surface area (Å²) in [5.41, 5.74) is 8.23. The number of aromatic amines is 1. The summed E-state index contributed by atoms with van der Waals surface area (Å²) in [5, 5.41) is 33.2. The van der Waals surface area contributed by atoms with Crippen LogP contribution >= 0.6 is 0 Å². The number of amides is 2. The average Bonchev–Trinajstić information content (AvgIpc) is 3.22. The van der Waals surface area contributed by atoms with E-state index in [-0.39, 0.29) is 18.6 Å². The maximum Gasteiger partial charge on any atom is 0.326 e. The van der Waals surface area contributed by atoms with Gasteiger partial charge in [0, 0.05) is 23.5 Å². The van der Waals surface area contributed by atoms with E-state index in [1.54, 1.807) is 18.3 Å². The number of carboxylic acids is 2. The molecule has 35 heavy (non-hydrogen) atoms. The van der Waals surface area contributed by atoms with E-state index in [4.69, 9.17) is 10.8 Å². The fourth-order valence-corrected chi connectivity index (χ4v) is 3.63. The second kappa shape index (κ2) is 11.2. The highest BCUT2D eigenvalue weighted by atomic mass is 16.4. The second-order valence-corrected chi connectivity index (χ2v) is 8.10. The van der Waals surface area contributed by atoms with Crippen LogP contribution < -0.4 is 16.4 Å². The highest BCUT2D eigenvalue weighted by Crippen LogP contribution is 2.19. The molecule has 0 aliphatic rings. The molecule has 2 aromatic carbocycles. The molecule has 3 rings (SSSR count). The van der Waals surface area contributed by atoms with E-state index in [0.29, 0.717) is 11.1 Å². The number of nitrogens with two attached hydrogens (primary N) is 1. The van der Waals surface area contributed by atoms with E-state index in [1.165, 1.54) is 12.1 Å². The monoisotopic (exact) mass is 482 g/mol. The summed E-state index contributed by atoms with van der Waals surface area (Å²) < 4.78 is 0. The first-order chi connectivity index (χ1) is 16.6. The number of carbonyl (C=O) groups excluding carboxylic acids is 2. The molecular formula is C24H26N4O7. The van der Waals surface area contributed by atoms with E-state index >= 15 is 0 Å². The van der Waals surface area contributed by atoms with Gasteiger partial charge in [-0.25, -0.2) is 4.79 Å². The summed E-state index contributed by atoms with van der Waals surface area (Å²) in [4.78, 5) is 51.3. The fourth-order valence-electron chi connectivity index (χ4n) is 3.63. The number of carboxylic acid groups (broad SMARTS) is 2. The summed E-state index contributed by atoms with van der Waals surface area (Å²) >= 11 is 0. The number of phenols is 1. The quantitative estimate of drug-likeness (QED) is 0.205. The van der Waals surface area contributed by atoms with Crippen LogP contribution in [0.15, 0.2) is 54.7 Å². The van der Waals surface area contributed by atoms with Crippen LogP contribution in [-0.4, -0.2) is 62.2 Å². The third-order valence-electron chi connectivity index (χ3n) is 5.45.